The van der Waals surface area contributed by atoms with Gasteiger partial charge in [0, 0.05) is 22.0 Å². The fraction of sp³-hybridized carbons (Fsp3) is 0.100. The minimum Gasteiger partial charge on any atom is -0.361 e. The minimum atomic E-state index is -0.290. The predicted molar refractivity (Wildman–Crippen MR) is 96.0 cm³/mol. The molecule has 118 valence electrons. The maximum absolute atomic E-state index is 11.3. The van der Waals surface area contributed by atoms with Crippen molar-refractivity contribution in [1.29, 1.82) is 0 Å². The van der Waals surface area contributed by atoms with E-state index in [2.05, 4.69) is 4.98 Å². The van der Waals surface area contributed by atoms with Crippen LogP contribution >= 0.6 is 0 Å². The second kappa shape index (κ2) is 5.81. The van der Waals surface area contributed by atoms with Crippen LogP contribution < -0.4 is 0 Å². The molecule has 4 heteroatoms. The molecule has 24 heavy (non-hydrogen) atoms. The van der Waals surface area contributed by atoms with Gasteiger partial charge in [-0.05, 0) is 28.0 Å². The highest BCUT2D eigenvalue weighted by molar-refractivity contribution is 5.89. The monoisotopic (exact) mass is 316 g/mol. The van der Waals surface area contributed by atoms with Gasteiger partial charge >= 0.3 is 0 Å². The molecule has 0 spiro atoms. The van der Waals surface area contributed by atoms with E-state index in [0.29, 0.717) is 0 Å². The molecular formula is C20H16N2O2. The summed E-state index contributed by atoms with van der Waals surface area (Å²) in [6.07, 6.45) is 1.90. The van der Waals surface area contributed by atoms with Crippen LogP contribution in [0.3, 0.4) is 0 Å². The van der Waals surface area contributed by atoms with Gasteiger partial charge in [0.15, 0.2) is 0 Å². The number of aromatic amines is 1. The van der Waals surface area contributed by atoms with Crippen molar-refractivity contribution in [2.75, 3.05) is 6.54 Å². The molecule has 4 nitrogen and oxygen atoms in total. The summed E-state index contributed by atoms with van der Waals surface area (Å²) in [5.41, 5.74) is 2.97. The molecule has 1 heterocycles. The first kappa shape index (κ1) is 14.5. The number of fused-ring (bicyclic) bond motifs is 2. The SMILES string of the molecule is O=[N+]([O-])C[C@@H](c1cccc2ccccc12)c1c[nH]c2ccccc12. The zero-order valence-corrected chi connectivity index (χ0v) is 13.0. The molecule has 4 aromatic rings. The van der Waals surface area contributed by atoms with Gasteiger partial charge in [0.25, 0.3) is 0 Å². The number of nitrogens with one attached hydrogen (secondary N) is 1. The molecular weight excluding hydrogens is 300 g/mol. The summed E-state index contributed by atoms with van der Waals surface area (Å²) in [6.45, 7) is -0.129. The Morgan fingerprint density at radius 1 is 0.875 bits per heavy atom. The molecule has 0 unspecified atom stereocenters. The summed E-state index contributed by atoms with van der Waals surface area (Å²) < 4.78 is 0. The molecule has 0 aliphatic heterocycles. The predicted octanol–water partition coefficient (Wildman–Crippen LogP) is 4.73. The third kappa shape index (κ3) is 2.42. The fourth-order valence-corrected chi connectivity index (χ4v) is 3.45. The third-order valence-electron chi connectivity index (χ3n) is 4.53. The van der Waals surface area contributed by atoms with Gasteiger partial charge < -0.3 is 4.98 Å². The molecule has 1 aromatic heterocycles. The standard InChI is InChI=1S/C20H16N2O2/c23-22(24)13-19(18-12-21-20-11-4-3-9-17(18)20)16-10-5-7-14-6-1-2-8-15(14)16/h1-12,19,21H,13H2/t19-/m0/s1. The van der Waals surface area contributed by atoms with Gasteiger partial charge in [0.05, 0.1) is 5.92 Å². The zero-order valence-electron chi connectivity index (χ0n) is 13.0. The van der Waals surface area contributed by atoms with E-state index in [4.69, 9.17) is 0 Å². The molecule has 0 bridgehead atoms. The van der Waals surface area contributed by atoms with Crippen LogP contribution in [0, 0.1) is 10.1 Å². The topological polar surface area (TPSA) is 58.9 Å². The third-order valence-corrected chi connectivity index (χ3v) is 4.53. The molecule has 0 amide bonds. The Hall–Kier alpha value is -3.14. The van der Waals surface area contributed by atoms with Crippen LogP contribution in [0.4, 0.5) is 0 Å². The Morgan fingerprint density at radius 3 is 2.42 bits per heavy atom. The number of para-hydroxylation sites is 1. The molecule has 1 N–H and O–H groups in total. The summed E-state index contributed by atoms with van der Waals surface area (Å²) in [5.74, 6) is -0.290. The van der Waals surface area contributed by atoms with Gasteiger partial charge in [0.2, 0.25) is 6.54 Å². The lowest BCUT2D eigenvalue weighted by Gasteiger charge is -2.15. The van der Waals surface area contributed by atoms with Crippen molar-refractivity contribution in [3.05, 3.63) is 94.2 Å². The molecule has 3 aromatic carbocycles. The number of benzene rings is 3. The Bertz CT molecular complexity index is 1030. The molecule has 0 fully saturated rings. The normalized spacial score (nSPS) is 12.5. The molecule has 0 saturated heterocycles. The van der Waals surface area contributed by atoms with Gasteiger partial charge in [0.1, 0.15) is 0 Å². The molecule has 4 rings (SSSR count). The number of aromatic nitrogens is 1. The number of rotatable bonds is 4. The van der Waals surface area contributed by atoms with E-state index >= 15 is 0 Å². The largest absolute Gasteiger partial charge is 0.361 e. The Balaban J connectivity index is 1.95. The van der Waals surface area contributed by atoms with Crippen molar-refractivity contribution < 1.29 is 4.92 Å². The molecule has 0 aliphatic carbocycles. The van der Waals surface area contributed by atoms with Gasteiger partial charge in [-0.3, -0.25) is 10.1 Å². The van der Waals surface area contributed by atoms with Crippen molar-refractivity contribution >= 4 is 21.7 Å². The van der Waals surface area contributed by atoms with Gasteiger partial charge in [-0.1, -0.05) is 60.7 Å². The maximum Gasteiger partial charge on any atom is 0.214 e. The number of hydrogen-bond donors (Lipinski definition) is 1. The number of hydrogen-bond acceptors (Lipinski definition) is 2. The highest BCUT2D eigenvalue weighted by Crippen LogP contribution is 2.34. The first-order valence-electron chi connectivity index (χ1n) is 7.89. The van der Waals surface area contributed by atoms with Crippen molar-refractivity contribution in [3.8, 4) is 0 Å². The molecule has 0 aliphatic rings. The van der Waals surface area contributed by atoms with E-state index in [1.807, 2.05) is 72.9 Å². The zero-order chi connectivity index (χ0) is 16.5. The Kier molecular flexibility index (Phi) is 3.50. The summed E-state index contributed by atoms with van der Waals surface area (Å²) >= 11 is 0. The van der Waals surface area contributed by atoms with Gasteiger partial charge in [-0.25, -0.2) is 0 Å². The van der Waals surface area contributed by atoms with E-state index in [9.17, 15) is 10.1 Å². The lowest BCUT2D eigenvalue weighted by atomic mass is 9.87. The number of H-pyrrole nitrogens is 1. The van der Waals surface area contributed by atoms with Crippen molar-refractivity contribution in [2.45, 2.75) is 5.92 Å². The summed E-state index contributed by atoms with van der Waals surface area (Å²) in [4.78, 5) is 14.4. The minimum absolute atomic E-state index is 0.129. The van der Waals surface area contributed by atoms with Crippen LogP contribution in [-0.2, 0) is 0 Å². The van der Waals surface area contributed by atoms with Crippen LogP contribution in [0.25, 0.3) is 21.7 Å². The van der Waals surface area contributed by atoms with E-state index in [1.165, 1.54) is 0 Å². The van der Waals surface area contributed by atoms with Crippen molar-refractivity contribution in [2.24, 2.45) is 0 Å². The fourth-order valence-electron chi connectivity index (χ4n) is 3.45. The summed E-state index contributed by atoms with van der Waals surface area (Å²) in [5, 5.41) is 14.6. The van der Waals surface area contributed by atoms with E-state index in [-0.39, 0.29) is 17.4 Å². The van der Waals surface area contributed by atoms with Crippen molar-refractivity contribution in [3.63, 3.8) is 0 Å². The highest BCUT2D eigenvalue weighted by Gasteiger charge is 2.24. The smallest absolute Gasteiger partial charge is 0.214 e. The Morgan fingerprint density at radius 2 is 1.58 bits per heavy atom. The van der Waals surface area contributed by atoms with E-state index in [0.717, 1.165) is 32.8 Å². The van der Waals surface area contributed by atoms with Crippen LogP contribution in [0.2, 0.25) is 0 Å². The van der Waals surface area contributed by atoms with E-state index < -0.39 is 0 Å². The average molecular weight is 316 g/mol. The maximum atomic E-state index is 11.3. The van der Waals surface area contributed by atoms with Gasteiger partial charge in [-0.2, -0.15) is 0 Å². The van der Waals surface area contributed by atoms with Crippen LogP contribution in [0.1, 0.15) is 17.0 Å². The second-order valence-electron chi connectivity index (χ2n) is 5.93. The summed E-state index contributed by atoms with van der Waals surface area (Å²) in [7, 11) is 0. The lowest BCUT2D eigenvalue weighted by molar-refractivity contribution is -0.481. The average Bonchev–Trinajstić information content (AvgIpc) is 3.03. The highest BCUT2D eigenvalue weighted by atomic mass is 16.6. The first-order valence-corrected chi connectivity index (χ1v) is 7.89. The number of nitro groups is 1. The van der Waals surface area contributed by atoms with Crippen LogP contribution in [-0.4, -0.2) is 16.5 Å². The van der Waals surface area contributed by atoms with E-state index in [1.54, 1.807) is 0 Å². The van der Waals surface area contributed by atoms with Crippen LogP contribution in [0.15, 0.2) is 72.9 Å². The summed E-state index contributed by atoms with van der Waals surface area (Å²) in [6, 6.07) is 22.0. The first-order chi connectivity index (χ1) is 11.7. The quantitative estimate of drug-likeness (QED) is 0.437. The molecule has 0 saturated carbocycles. The van der Waals surface area contributed by atoms with Crippen LogP contribution in [0.5, 0.6) is 0 Å². The van der Waals surface area contributed by atoms with Gasteiger partial charge in [-0.15, -0.1) is 0 Å². The Labute approximate surface area is 138 Å². The molecule has 0 radical (unpaired) electrons. The number of nitrogens with zero attached hydrogens (tertiary/aromatic N) is 1. The lowest BCUT2D eigenvalue weighted by Crippen LogP contribution is -2.14. The molecule has 1 atom stereocenters. The second-order valence-corrected chi connectivity index (χ2v) is 5.93. The van der Waals surface area contributed by atoms with Crippen molar-refractivity contribution in [1.82, 2.24) is 4.98 Å².